The summed E-state index contributed by atoms with van der Waals surface area (Å²) in [5, 5.41) is 14.2. The van der Waals surface area contributed by atoms with Gasteiger partial charge in [-0.1, -0.05) is 18.2 Å². The number of para-hydroxylation sites is 1. The Morgan fingerprint density at radius 3 is 2.88 bits per heavy atom. The highest BCUT2D eigenvalue weighted by Crippen LogP contribution is 2.30. The van der Waals surface area contributed by atoms with Crippen LogP contribution in [-0.4, -0.2) is 22.7 Å². The number of aromatic nitrogens is 1. The molecule has 0 saturated carbocycles. The molecule has 0 aliphatic heterocycles. The first-order valence-corrected chi connectivity index (χ1v) is 4.93. The van der Waals surface area contributed by atoms with Crippen LogP contribution in [0.2, 0.25) is 0 Å². The Bertz CT molecular complexity index is 583. The van der Waals surface area contributed by atoms with E-state index in [-0.39, 0.29) is 12.2 Å². The molecule has 0 bridgehead atoms. The molecule has 0 saturated heterocycles. The van der Waals surface area contributed by atoms with Crippen LogP contribution in [0.1, 0.15) is 0 Å². The Balaban J connectivity index is 2.65. The Labute approximate surface area is 96.4 Å². The van der Waals surface area contributed by atoms with Crippen molar-refractivity contribution in [3.63, 3.8) is 0 Å². The summed E-state index contributed by atoms with van der Waals surface area (Å²) in [6.07, 6.45) is 1.84. The minimum Gasteiger partial charge on any atom is -0.372 e. The summed E-state index contributed by atoms with van der Waals surface area (Å²) in [6, 6.07) is 7.04. The molecule has 2 rings (SSSR count). The molecule has 0 radical (unpaired) electrons. The van der Waals surface area contributed by atoms with Crippen LogP contribution < -0.4 is 5.32 Å². The Morgan fingerprint density at radius 1 is 1.41 bits per heavy atom. The first-order valence-electron chi connectivity index (χ1n) is 4.93. The average Bonchev–Trinajstić information content (AvgIpc) is 2.35. The van der Waals surface area contributed by atoms with E-state index in [1.165, 1.54) is 6.20 Å². The fourth-order valence-electron chi connectivity index (χ4n) is 1.60. The van der Waals surface area contributed by atoms with Gasteiger partial charge < -0.3 is 10.1 Å². The van der Waals surface area contributed by atoms with E-state index in [0.29, 0.717) is 22.9 Å². The third kappa shape index (κ3) is 2.05. The van der Waals surface area contributed by atoms with Gasteiger partial charge in [0.05, 0.1) is 17.0 Å². The summed E-state index contributed by atoms with van der Waals surface area (Å²) in [6.45, 7) is 0.0227. The molecule has 0 spiro atoms. The van der Waals surface area contributed by atoms with Crippen LogP contribution in [0.15, 0.2) is 30.5 Å². The average molecular weight is 231 g/mol. The van der Waals surface area contributed by atoms with Crippen molar-refractivity contribution in [3.8, 4) is 0 Å². The number of pyridine rings is 1. The van der Waals surface area contributed by atoms with Crippen LogP contribution in [0, 0.1) is 10.1 Å². The maximum Gasteiger partial charge on any atom is 0.311 e. The van der Waals surface area contributed by atoms with Crippen molar-refractivity contribution in [2.24, 2.45) is 0 Å². The zero-order valence-electron chi connectivity index (χ0n) is 8.79. The number of nitro groups is 1. The topological polar surface area (TPSA) is 85.1 Å². The van der Waals surface area contributed by atoms with Gasteiger partial charge in [-0.3, -0.25) is 10.1 Å². The maximum atomic E-state index is 10.9. The van der Waals surface area contributed by atoms with E-state index >= 15 is 0 Å². The number of carbonyl (C=O) groups excluding carboxylic acids is 1. The minimum atomic E-state index is -0.521. The second-order valence-electron chi connectivity index (χ2n) is 3.34. The second-order valence-corrected chi connectivity index (χ2v) is 3.34. The second kappa shape index (κ2) is 4.56. The summed E-state index contributed by atoms with van der Waals surface area (Å²) in [7, 11) is 0. The van der Waals surface area contributed by atoms with Crippen LogP contribution in [0.5, 0.6) is 0 Å². The van der Waals surface area contributed by atoms with E-state index in [1.54, 1.807) is 24.3 Å². The van der Waals surface area contributed by atoms with E-state index in [0.717, 1.165) is 0 Å². The van der Waals surface area contributed by atoms with Crippen LogP contribution in [0.25, 0.3) is 10.9 Å². The SMILES string of the molecule is O=CCNc1c([N+](=O)[O-])cnc2ccccc12. The van der Waals surface area contributed by atoms with Gasteiger partial charge in [-0.25, -0.2) is 4.98 Å². The highest BCUT2D eigenvalue weighted by atomic mass is 16.6. The summed E-state index contributed by atoms with van der Waals surface area (Å²) >= 11 is 0. The van der Waals surface area contributed by atoms with E-state index in [2.05, 4.69) is 10.3 Å². The number of fused-ring (bicyclic) bond motifs is 1. The van der Waals surface area contributed by atoms with Crippen molar-refractivity contribution in [2.75, 3.05) is 11.9 Å². The van der Waals surface area contributed by atoms with Gasteiger partial charge in [-0.15, -0.1) is 0 Å². The smallest absolute Gasteiger partial charge is 0.311 e. The number of hydrogen-bond acceptors (Lipinski definition) is 5. The number of carbonyl (C=O) groups is 1. The van der Waals surface area contributed by atoms with Crippen LogP contribution in [-0.2, 0) is 4.79 Å². The Kier molecular flexibility index (Phi) is 2.95. The largest absolute Gasteiger partial charge is 0.372 e. The number of nitrogens with one attached hydrogen (secondary N) is 1. The van der Waals surface area contributed by atoms with E-state index in [1.807, 2.05) is 0 Å². The van der Waals surface area contributed by atoms with Gasteiger partial charge in [0.1, 0.15) is 18.2 Å². The number of rotatable bonds is 4. The number of hydrogen-bond donors (Lipinski definition) is 1. The van der Waals surface area contributed by atoms with Gasteiger partial charge in [0, 0.05) is 5.39 Å². The zero-order chi connectivity index (χ0) is 12.3. The molecule has 86 valence electrons. The number of anilines is 1. The first kappa shape index (κ1) is 11.0. The molecule has 6 nitrogen and oxygen atoms in total. The lowest BCUT2D eigenvalue weighted by Gasteiger charge is -2.07. The van der Waals surface area contributed by atoms with Crippen LogP contribution >= 0.6 is 0 Å². The molecule has 0 atom stereocenters. The third-order valence-corrected chi connectivity index (χ3v) is 2.31. The maximum absolute atomic E-state index is 10.9. The molecule has 17 heavy (non-hydrogen) atoms. The molecule has 0 aliphatic carbocycles. The van der Waals surface area contributed by atoms with E-state index in [9.17, 15) is 14.9 Å². The van der Waals surface area contributed by atoms with Crippen LogP contribution in [0.3, 0.4) is 0 Å². The lowest BCUT2D eigenvalue weighted by molar-refractivity contribution is -0.384. The summed E-state index contributed by atoms with van der Waals surface area (Å²) < 4.78 is 0. The molecular formula is C11H9N3O3. The monoisotopic (exact) mass is 231 g/mol. The number of benzene rings is 1. The van der Waals surface area contributed by atoms with Gasteiger partial charge in [-0.2, -0.15) is 0 Å². The quantitative estimate of drug-likeness (QED) is 0.492. The molecule has 0 fully saturated rings. The van der Waals surface area contributed by atoms with E-state index in [4.69, 9.17) is 0 Å². The minimum absolute atomic E-state index is 0.0227. The van der Waals surface area contributed by atoms with Crippen molar-refractivity contribution in [1.82, 2.24) is 4.98 Å². The Morgan fingerprint density at radius 2 is 2.18 bits per heavy atom. The van der Waals surface area contributed by atoms with Gasteiger partial charge in [0.25, 0.3) is 0 Å². The zero-order valence-corrected chi connectivity index (χ0v) is 8.79. The summed E-state index contributed by atoms with van der Waals surface area (Å²) in [5.74, 6) is 0. The molecular weight excluding hydrogens is 222 g/mol. The van der Waals surface area contributed by atoms with Gasteiger partial charge in [0.2, 0.25) is 0 Å². The summed E-state index contributed by atoms with van der Waals surface area (Å²) in [5.41, 5.74) is 0.838. The molecule has 1 aromatic carbocycles. The molecule has 0 amide bonds. The number of aldehydes is 1. The van der Waals surface area contributed by atoms with Crippen molar-refractivity contribution < 1.29 is 9.72 Å². The lowest BCUT2D eigenvalue weighted by Crippen LogP contribution is -2.06. The predicted molar refractivity (Wildman–Crippen MR) is 63.0 cm³/mol. The normalized spacial score (nSPS) is 10.1. The number of nitrogens with zero attached hydrogens (tertiary/aromatic N) is 2. The van der Waals surface area contributed by atoms with Gasteiger partial charge >= 0.3 is 5.69 Å². The highest BCUT2D eigenvalue weighted by Gasteiger charge is 2.17. The van der Waals surface area contributed by atoms with Crippen LogP contribution in [0.4, 0.5) is 11.4 Å². The van der Waals surface area contributed by atoms with Crippen molar-refractivity contribution >= 4 is 28.6 Å². The first-order chi connectivity index (χ1) is 8.24. The van der Waals surface area contributed by atoms with E-state index < -0.39 is 4.92 Å². The van der Waals surface area contributed by atoms with Crippen molar-refractivity contribution in [2.45, 2.75) is 0 Å². The standard InChI is InChI=1S/C11H9N3O3/c15-6-5-12-11-8-3-1-2-4-9(8)13-7-10(11)14(16)17/h1-4,6-7H,5H2,(H,12,13). The van der Waals surface area contributed by atoms with Crippen molar-refractivity contribution in [3.05, 3.63) is 40.6 Å². The Hall–Kier alpha value is -2.50. The van der Waals surface area contributed by atoms with Gasteiger partial charge in [-0.05, 0) is 6.07 Å². The fraction of sp³-hybridized carbons (Fsp3) is 0.0909. The van der Waals surface area contributed by atoms with Crippen molar-refractivity contribution in [1.29, 1.82) is 0 Å². The summed E-state index contributed by atoms with van der Waals surface area (Å²) in [4.78, 5) is 24.7. The predicted octanol–water partition coefficient (Wildman–Crippen LogP) is 1.75. The lowest BCUT2D eigenvalue weighted by atomic mass is 10.1. The molecule has 1 heterocycles. The molecule has 6 heteroatoms. The highest BCUT2D eigenvalue weighted by molar-refractivity contribution is 5.96. The molecule has 1 aromatic heterocycles. The molecule has 0 aliphatic rings. The fourth-order valence-corrected chi connectivity index (χ4v) is 1.60. The molecule has 0 unspecified atom stereocenters. The van der Waals surface area contributed by atoms with Gasteiger partial charge in [0.15, 0.2) is 0 Å². The molecule has 2 aromatic rings. The third-order valence-electron chi connectivity index (χ3n) is 2.31. The molecule has 1 N–H and O–H groups in total.